The van der Waals surface area contributed by atoms with E-state index in [1.807, 2.05) is 0 Å². The third-order valence-electron chi connectivity index (χ3n) is 5.03. The molecule has 6 nitrogen and oxygen atoms in total. The van der Waals surface area contributed by atoms with Crippen LogP contribution >= 0.6 is 0 Å². The number of nitrogens with zero attached hydrogens (tertiary/aromatic N) is 1. The molecule has 8 heteroatoms. The van der Waals surface area contributed by atoms with Crippen molar-refractivity contribution >= 4 is 20.0 Å². The summed E-state index contributed by atoms with van der Waals surface area (Å²) in [5, 5.41) is 0. The van der Waals surface area contributed by atoms with Crippen LogP contribution in [-0.2, 0) is 20.0 Å². The number of rotatable bonds is 6. The predicted molar refractivity (Wildman–Crippen MR) is 96.2 cm³/mol. The van der Waals surface area contributed by atoms with Gasteiger partial charge in [0.05, 0.1) is 9.79 Å². The average molecular weight is 387 g/mol. The Bertz CT molecular complexity index is 809. The van der Waals surface area contributed by atoms with Crippen LogP contribution in [0.2, 0.25) is 0 Å². The standard InChI is InChI=1S/C17H26N2O4S2/c1-19(15-7-4-2-3-5-8-15)25(22,23)17-10-6-9-16(13-17)24(20,21)18-14-11-12-14/h6,9-10,13-15,18H,2-5,7-8,11-12H2,1H3. The Hall–Kier alpha value is -0.960. The summed E-state index contributed by atoms with van der Waals surface area (Å²) in [6, 6.07) is 5.65. The van der Waals surface area contributed by atoms with E-state index < -0.39 is 20.0 Å². The first kappa shape index (κ1) is 18.8. The topological polar surface area (TPSA) is 83.6 Å². The molecule has 3 rings (SSSR count). The zero-order valence-corrected chi connectivity index (χ0v) is 16.2. The highest BCUT2D eigenvalue weighted by molar-refractivity contribution is 7.90. The molecule has 25 heavy (non-hydrogen) atoms. The van der Waals surface area contributed by atoms with Crippen molar-refractivity contribution in [3.05, 3.63) is 24.3 Å². The van der Waals surface area contributed by atoms with Gasteiger partial charge in [0.2, 0.25) is 20.0 Å². The molecule has 2 fully saturated rings. The van der Waals surface area contributed by atoms with E-state index in [1.165, 1.54) is 28.6 Å². The number of nitrogens with one attached hydrogen (secondary N) is 1. The number of benzene rings is 1. The lowest BCUT2D eigenvalue weighted by Crippen LogP contribution is -2.36. The van der Waals surface area contributed by atoms with Crippen LogP contribution in [0.25, 0.3) is 0 Å². The second-order valence-electron chi connectivity index (χ2n) is 7.04. The monoisotopic (exact) mass is 386 g/mol. The smallest absolute Gasteiger partial charge is 0.208 e. The molecule has 0 heterocycles. The van der Waals surface area contributed by atoms with Gasteiger partial charge >= 0.3 is 0 Å². The second kappa shape index (κ2) is 7.34. The van der Waals surface area contributed by atoms with Crippen LogP contribution < -0.4 is 4.72 Å². The predicted octanol–water partition coefficient (Wildman–Crippen LogP) is 2.47. The highest BCUT2D eigenvalue weighted by Gasteiger charge is 2.31. The van der Waals surface area contributed by atoms with Crippen molar-refractivity contribution in [1.82, 2.24) is 9.03 Å². The Kier molecular flexibility index (Phi) is 5.53. The van der Waals surface area contributed by atoms with Crippen LogP contribution in [0.15, 0.2) is 34.1 Å². The third-order valence-corrected chi connectivity index (χ3v) is 8.46. The van der Waals surface area contributed by atoms with Gasteiger partial charge in [0.1, 0.15) is 0 Å². The summed E-state index contributed by atoms with van der Waals surface area (Å²) in [4.78, 5) is 0.0488. The summed E-state index contributed by atoms with van der Waals surface area (Å²) in [5.74, 6) is 0. The van der Waals surface area contributed by atoms with Gasteiger partial charge < -0.3 is 0 Å². The van der Waals surface area contributed by atoms with Crippen molar-refractivity contribution in [3.8, 4) is 0 Å². The summed E-state index contributed by atoms with van der Waals surface area (Å²) < 4.78 is 54.7. The fourth-order valence-electron chi connectivity index (χ4n) is 3.27. The molecule has 140 valence electrons. The summed E-state index contributed by atoms with van der Waals surface area (Å²) in [6.07, 6.45) is 7.74. The fraction of sp³-hybridized carbons (Fsp3) is 0.647. The van der Waals surface area contributed by atoms with Gasteiger partial charge in [-0.25, -0.2) is 21.6 Å². The van der Waals surface area contributed by atoms with E-state index in [9.17, 15) is 16.8 Å². The van der Waals surface area contributed by atoms with Gasteiger partial charge in [0, 0.05) is 19.1 Å². The van der Waals surface area contributed by atoms with E-state index in [0.29, 0.717) is 0 Å². The van der Waals surface area contributed by atoms with Crippen molar-refractivity contribution in [3.63, 3.8) is 0 Å². The zero-order valence-electron chi connectivity index (χ0n) is 14.5. The lowest BCUT2D eigenvalue weighted by Gasteiger charge is -2.26. The zero-order chi connectivity index (χ0) is 18.1. The maximum atomic E-state index is 13.0. The molecule has 0 aliphatic heterocycles. The first-order chi connectivity index (χ1) is 11.8. The Labute approximate surface area is 150 Å². The maximum Gasteiger partial charge on any atom is 0.243 e. The van der Waals surface area contributed by atoms with E-state index in [-0.39, 0.29) is 21.9 Å². The Balaban J connectivity index is 1.85. The normalized spacial score (nSPS) is 20.6. The van der Waals surface area contributed by atoms with Crippen LogP contribution in [0.1, 0.15) is 51.4 Å². The molecular formula is C17H26N2O4S2. The first-order valence-corrected chi connectivity index (χ1v) is 11.8. The summed E-state index contributed by atoms with van der Waals surface area (Å²) >= 11 is 0. The highest BCUT2D eigenvalue weighted by Crippen LogP contribution is 2.27. The molecule has 1 aromatic carbocycles. The summed E-state index contributed by atoms with van der Waals surface area (Å²) in [5.41, 5.74) is 0. The van der Waals surface area contributed by atoms with Gasteiger partial charge in [-0.2, -0.15) is 4.31 Å². The number of hydrogen-bond donors (Lipinski definition) is 1. The fourth-order valence-corrected chi connectivity index (χ4v) is 6.16. The van der Waals surface area contributed by atoms with Crippen LogP contribution in [0.5, 0.6) is 0 Å². The number of hydrogen-bond acceptors (Lipinski definition) is 4. The van der Waals surface area contributed by atoms with Gasteiger partial charge in [0.25, 0.3) is 0 Å². The van der Waals surface area contributed by atoms with Crippen molar-refractivity contribution in [2.45, 2.75) is 73.2 Å². The molecule has 0 atom stereocenters. The molecule has 1 aromatic rings. The van der Waals surface area contributed by atoms with Gasteiger partial charge in [0.15, 0.2) is 0 Å². The van der Waals surface area contributed by atoms with Crippen molar-refractivity contribution in [2.24, 2.45) is 0 Å². The quantitative estimate of drug-likeness (QED) is 0.761. The SMILES string of the molecule is CN(C1CCCCCC1)S(=O)(=O)c1cccc(S(=O)(=O)NC2CC2)c1. The average Bonchev–Trinajstić information content (AvgIpc) is 3.40. The molecule has 0 spiro atoms. The van der Waals surface area contributed by atoms with Gasteiger partial charge in [-0.1, -0.05) is 31.7 Å². The van der Waals surface area contributed by atoms with Crippen LogP contribution in [0, 0.1) is 0 Å². The summed E-state index contributed by atoms with van der Waals surface area (Å²) in [6.45, 7) is 0. The van der Waals surface area contributed by atoms with Gasteiger partial charge in [-0.3, -0.25) is 0 Å². The second-order valence-corrected chi connectivity index (χ2v) is 10.7. The first-order valence-electron chi connectivity index (χ1n) is 8.91. The maximum absolute atomic E-state index is 13.0. The highest BCUT2D eigenvalue weighted by atomic mass is 32.2. The minimum atomic E-state index is -3.71. The lowest BCUT2D eigenvalue weighted by atomic mass is 10.1. The molecule has 0 bridgehead atoms. The van der Waals surface area contributed by atoms with E-state index >= 15 is 0 Å². The molecule has 1 N–H and O–H groups in total. The van der Waals surface area contributed by atoms with E-state index in [4.69, 9.17) is 0 Å². The molecule has 0 unspecified atom stereocenters. The molecule has 0 amide bonds. The lowest BCUT2D eigenvalue weighted by molar-refractivity contribution is 0.335. The Morgan fingerprint density at radius 1 is 0.920 bits per heavy atom. The Morgan fingerprint density at radius 2 is 1.52 bits per heavy atom. The molecule has 2 aliphatic rings. The van der Waals surface area contributed by atoms with E-state index in [0.717, 1.165) is 51.4 Å². The molecule has 2 aliphatic carbocycles. The van der Waals surface area contributed by atoms with Crippen LogP contribution in [-0.4, -0.2) is 40.3 Å². The minimum absolute atomic E-state index is 0.00902. The largest absolute Gasteiger partial charge is 0.243 e. The van der Waals surface area contributed by atoms with Gasteiger partial charge in [-0.15, -0.1) is 0 Å². The van der Waals surface area contributed by atoms with E-state index in [2.05, 4.69) is 4.72 Å². The van der Waals surface area contributed by atoms with Crippen molar-refractivity contribution < 1.29 is 16.8 Å². The van der Waals surface area contributed by atoms with Crippen LogP contribution in [0.4, 0.5) is 0 Å². The Morgan fingerprint density at radius 3 is 2.12 bits per heavy atom. The molecular weight excluding hydrogens is 360 g/mol. The van der Waals surface area contributed by atoms with Crippen molar-refractivity contribution in [1.29, 1.82) is 0 Å². The van der Waals surface area contributed by atoms with Crippen molar-refractivity contribution in [2.75, 3.05) is 7.05 Å². The van der Waals surface area contributed by atoms with Crippen LogP contribution in [0.3, 0.4) is 0 Å². The molecule has 2 saturated carbocycles. The van der Waals surface area contributed by atoms with E-state index in [1.54, 1.807) is 7.05 Å². The minimum Gasteiger partial charge on any atom is -0.208 e. The molecule has 0 radical (unpaired) electrons. The molecule has 0 aromatic heterocycles. The van der Waals surface area contributed by atoms with Gasteiger partial charge in [-0.05, 0) is 43.9 Å². The summed E-state index contributed by atoms with van der Waals surface area (Å²) in [7, 11) is -5.77. The third kappa shape index (κ3) is 4.42. The number of sulfonamides is 2. The molecule has 0 saturated heterocycles.